The van der Waals surface area contributed by atoms with Gasteiger partial charge >= 0.3 is 5.97 Å². The molecule has 132 valence electrons. The predicted molar refractivity (Wildman–Crippen MR) is 98.3 cm³/mol. The maximum absolute atomic E-state index is 12.0. The molecule has 6 heteroatoms. The van der Waals surface area contributed by atoms with Gasteiger partial charge in [-0.15, -0.1) is 24.8 Å². The fourth-order valence-corrected chi connectivity index (χ4v) is 2.72. The molecule has 1 atom stereocenters. The van der Waals surface area contributed by atoms with E-state index in [9.17, 15) is 4.79 Å². The van der Waals surface area contributed by atoms with Crippen molar-refractivity contribution in [2.24, 2.45) is 11.7 Å². The number of nitrogens with two attached hydrogens (primary N) is 1. The summed E-state index contributed by atoms with van der Waals surface area (Å²) in [6.07, 6.45) is 2.18. The van der Waals surface area contributed by atoms with Gasteiger partial charge in [-0.1, -0.05) is 30.3 Å². The van der Waals surface area contributed by atoms with E-state index in [1.54, 1.807) is 0 Å². The van der Waals surface area contributed by atoms with Crippen LogP contribution in [0.1, 0.15) is 38.3 Å². The molecule has 1 unspecified atom stereocenters. The number of rotatable bonds is 5. The normalized spacial score (nSPS) is 17.0. The van der Waals surface area contributed by atoms with Gasteiger partial charge in [-0.2, -0.15) is 0 Å². The Morgan fingerprint density at radius 1 is 1.22 bits per heavy atom. The van der Waals surface area contributed by atoms with Gasteiger partial charge in [0.25, 0.3) is 0 Å². The van der Waals surface area contributed by atoms with Crippen molar-refractivity contribution in [1.29, 1.82) is 0 Å². The van der Waals surface area contributed by atoms with Crippen molar-refractivity contribution in [2.75, 3.05) is 19.7 Å². The fraction of sp³-hybridized carbons (Fsp3) is 0.588. The molecule has 1 saturated heterocycles. The summed E-state index contributed by atoms with van der Waals surface area (Å²) < 4.78 is 5.41. The van der Waals surface area contributed by atoms with Crippen molar-refractivity contribution in [3.8, 4) is 0 Å². The molecule has 0 radical (unpaired) electrons. The van der Waals surface area contributed by atoms with Gasteiger partial charge in [0, 0.05) is 6.04 Å². The highest BCUT2D eigenvalue weighted by atomic mass is 35.5. The first-order valence-corrected chi connectivity index (χ1v) is 7.79. The minimum Gasteiger partial charge on any atom is -0.464 e. The van der Waals surface area contributed by atoms with E-state index in [4.69, 9.17) is 10.5 Å². The molecule has 1 aliphatic rings. The maximum Gasteiger partial charge on any atom is 0.327 e. The summed E-state index contributed by atoms with van der Waals surface area (Å²) in [4.78, 5) is 14.5. The lowest BCUT2D eigenvalue weighted by molar-refractivity contribution is -0.147. The molecule has 0 aromatic heterocycles. The van der Waals surface area contributed by atoms with Crippen LogP contribution in [0, 0.1) is 5.92 Å². The molecule has 1 heterocycles. The Hall–Kier alpha value is -0.810. The lowest BCUT2D eigenvalue weighted by Crippen LogP contribution is -2.39. The van der Waals surface area contributed by atoms with Gasteiger partial charge in [-0.3, -0.25) is 0 Å². The van der Waals surface area contributed by atoms with E-state index in [-0.39, 0.29) is 30.8 Å². The first-order valence-electron chi connectivity index (χ1n) is 7.79. The average Bonchev–Trinajstić information content (AvgIpc) is 2.53. The molecule has 4 nitrogen and oxygen atoms in total. The number of hydrogen-bond acceptors (Lipinski definition) is 4. The van der Waals surface area contributed by atoms with Crippen LogP contribution in [0.2, 0.25) is 0 Å². The molecule has 0 saturated carbocycles. The number of esters is 1. The summed E-state index contributed by atoms with van der Waals surface area (Å²) in [7, 11) is 0. The third-order valence-electron chi connectivity index (χ3n) is 4.25. The molecule has 2 rings (SSSR count). The molecule has 23 heavy (non-hydrogen) atoms. The van der Waals surface area contributed by atoms with Crippen LogP contribution in [-0.4, -0.2) is 36.6 Å². The summed E-state index contributed by atoms with van der Waals surface area (Å²) >= 11 is 0. The Balaban J connectivity index is 0.00000242. The smallest absolute Gasteiger partial charge is 0.327 e. The van der Waals surface area contributed by atoms with Crippen molar-refractivity contribution in [1.82, 2.24) is 4.90 Å². The second kappa shape index (κ2) is 10.9. The molecule has 1 fully saturated rings. The van der Waals surface area contributed by atoms with E-state index < -0.39 is 6.04 Å². The quantitative estimate of drug-likeness (QED) is 0.817. The number of benzene rings is 1. The largest absolute Gasteiger partial charge is 0.464 e. The first-order chi connectivity index (χ1) is 10.1. The third-order valence-corrected chi connectivity index (χ3v) is 4.25. The minimum absolute atomic E-state index is 0. The lowest BCUT2D eigenvalue weighted by Gasteiger charge is -2.34. The van der Waals surface area contributed by atoms with E-state index in [1.807, 2.05) is 30.3 Å². The Kier molecular flexibility index (Phi) is 10.5. The predicted octanol–water partition coefficient (Wildman–Crippen LogP) is 3.19. The van der Waals surface area contributed by atoms with Gasteiger partial charge in [0.2, 0.25) is 0 Å². The molecule has 0 bridgehead atoms. The Bertz CT molecular complexity index is 449. The van der Waals surface area contributed by atoms with E-state index in [0.717, 1.165) is 31.5 Å². The van der Waals surface area contributed by atoms with Gasteiger partial charge < -0.3 is 15.4 Å². The van der Waals surface area contributed by atoms with E-state index in [2.05, 4.69) is 18.7 Å². The minimum atomic E-state index is -0.679. The van der Waals surface area contributed by atoms with Gasteiger partial charge in [0.1, 0.15) is 6.04 Å². The average molecular weight is 363 g/mol. The fourth-order valence-electron chi connectivity index (χ4n) is 2.72. The van der Waals surface area contributed by atoms with Crippen molar-refractivity contribution < 1.29 is 9.53 Å². The first kappa shape index (κ1) is 22.2. The third kappa shape index (κ3) is 6.68. The van der Waals surface area contributed by atoms with Crippen LogP contribution in [0.15, 0.2) is 30.3 Å². The number of ether oxygens (including phenoxy) is 1. The number of hydrogen-bond donors (Lipinski definition) is 1. The Morgan fingerprint density at radius 3 is 2.30 bits per heavy atom. The summed E-state index contributed by atoms with van der Waals surface area (Å²) in [5.41, 5.74) is 6.74. The number of halogens is 2. The number of carbonyl (C=O) groups is 1. The van der Waals surface area contributed by atoms with E-state index >= 15 is 0 Å². The maximum atomic E-state index is 12.0. The van der Waals surface area contributed by atoms with E-state index in [1.165, 1.54) is 0 Å². The molecule has 0 amide bonds. The highest BCUT2D eigenvalue weighted by molar-refractivity contribution is 5.85. The second-order valence-corrected chi connectivity index (χ2v) is 6.09. The molecule has 2 N–H and O–H groups in total. The van der Waals surface area contributed by atoms with Crippen LogP contribution >= 0.6 is 24.8 Å². The number of nitrogens with zero attached hydrogens (tertiary/aromatic N) is 1. The SMILES string of the molecule is CC(C)N1CCC(COC(=O)C(N)c2ccccc2)CC1.Cl.Cl. The number of carbonyl (C=O) groups excluding carboxylic acids is 1. The molecule has 0 aliphatic carbocycles. The highest BCUT2D eigenvalue weighted by Crippen LogP contribution is 2.20. The topological polar surface area (TPSA) is 55.6 Å². The zero-order valence-electron chi connectivity index (χ0n) is 13.8. The summed E-state index contributed by atoms with van der Waals surface area (Å²) in [5.74, 6) is 0.138. The number of piperidine rings is 1. The monoisotopic (exact) mass is 362 g/mol. The Labute approximate surface area is 151 Å². The van der Waals surface area contributed by atoms with Crippen LogP contribution in [0.5, 0.6) is 0 Å². The standard InChI is InChI=1S/C17H26N2O2.2ClH/c1-13(2)19-10-8-14(9-11-19)12-21-17(20)16(18)15-6-4-3-5-7-15;;/h3-7,13-14,16H,8-12,18H2,1-2H3;2*1H. The molecule has 1 aromatic rings. The van der Waals surface area contributed by atoms with Gasteiger partial charge in [-0.05, 0) is 51.3 Å². The van der Waals surface area contributed by atoms with Crippen LogP contribution in [0.25, 0.3) is 0 Å². The van der Waals surface area contributed by atoms with Crippen molar-refractivity contribution in [2.45, 2.75) is 38.8 Å². The molecule has 0 spiro atoms. The van der Waals surface area contributed by atoms with Gasteiger partial charge in [0.15, 0.2) is 0 Å². The van der Waals surface area contributed by atoms with Crippen molar-refractivity contribution in [3.05, 3.63) is 35.9 Å². The summed E-state index contributed by atoms with van der Waals surface area (Å²) in [5, 5.41) is 0. The van der Waals surface area contributed by atoms with Gasteiger partial charge in [-0.25, -0.2) is 4.79 Å². The van der Waals surface area contributed by atoms with E-state index in [0.29, 0.717) is 18.6 Å². The highest BCUT2D eigenvalue weighted by Gasteiger charge is 2.23. The molecule has 1 aliphatic heterocycles. The van der Waals surface area contributed by atoms with Crippen LogP contribution in [0.3, 0.4) is 0 Å². The van der Waals surface area contributed by atoms with Crippen molar-refractivity contribution >= 4 is 30.8 Å². The lowest BCUT2D eigenvalue weighted by atomic mass is 9.97. The second-order valence-electron chi connectivity index (χ2n) is 6.09. The molecule has 1 aromatic carbocycles. The zero-order valence-corrected chi connectivity index (χ0v) is 15.4. The van der Waals surface area contributed by atoms with Crippen LogP contribution in [0.4, 0.5) is 0 Å². The summed E-state index contributed by atoms with van der Waals surface area (Å²) in [6, 6.07) is 9.29. The number of likely N-dealkylation sites (tertiary alicyclic amines) is 1. The van der Waals surface area contributed by atoms with Crippen molar-refractivity contribution in [3.63, 3.8) is 0 Å². The zero-order chi connectivity index (χ0) is 15.2. The Morgan fingerprint density at radius 2 is 1.78 bits per heavy atom. The van der Waals surface area contributed by atoms with Crippen LogP contribution in [-0.2, 0) is 9.53 Å². The molecular formula is C17H28Cl2N2O2. The summed E-state index contributed by atoms with van der Waals surface area (Å²) in [6.45, 7) is 7.11. The van der Waals surface area contributed by atoms with Crippen LogP contribution < -0.4 is 5.73 Å². The molecular weight excluding hydrogens is 335 g/mol. The van der Waals surface area contributed by atoms with Gasteiger partial charge in [0.05, 0.1) is 6.61 Å².